The van der Waals surface area contributed by atoms with E-state index < -0.39 is 21.8 Å². The molecule has 2 amide bonds. The van der Waals surface area contributed by atoms with Gasteiger partial charge in [-0.3, -0.25) is 0 Å². The molecule has 112 valence electrons. The predicted octanol–water partition coefficient (Wildman–Crippen LogP) is 0.212. The number of hydrogen-bond acceptors (Lipinski definition) is 5. The number of carbonyl (C=O) groups excluding carboxylic acids is 1. The molecule has 0 saturated carbocycles. The molecular formula is C11H16N2O6S. The molecule has 1 heterocycles. The van der Waals surface area contributed by atoms with Gasteiger partial charge < -0.3 is 20.2 Å². The molecule has 0 bridgehead atoms. The number of aromatic carboxylic acids is 1. The van der Waals surface area contributed by atoms with Crippen LogP contribution < -0.4 is 10.6 Å². The van der Waals surface area contributed by atoms with Gasteiger partial charge in [0.1, 0.15) is 15.6 Å². The lowest BCUT2D eigenvalue weighted by Crippen LogP contribution is -2.36. The Morgan fingerprint density at radius 3 is 2.55 bits per heavy atom. The van der Waals surface area contributed by atoms with E-state index in [-0.39, 0.29) is 24.6 Å². The topological polar surface area (TPSA) is 126 Å². The highest BCUT2D eigenvalue weighted by molar-refractivity contribution is 7.90. The SMILES string of the molecule is CS(=O)(=O)CCCNC(=O)NCc1ccc(C(=O)O)o1. The van der Waals surface area contributed by atoms with Crippen LogP contribution in [-0.4, -0.2) is 44.1 Å². The molecule has 0 aromatic carbocycles. The lowest BCUT2D eigenvalue weighted by molar-refractivity contribution is 0.0660. The summed E-state index contributed by atoms with van der Waals surface area (Å²) in [6.07, 6.45) is 1.46. The Morgan fingerprint density at radius 1 is 1.30 bits per heavy atom. The number of rotatable bonds is 7. The van der Waals surface area contributed by atoms with E-state index in [4.69, 9.17) is 9.52 Å². The fourth-order valence-corrected chi connectivity index (χ4v) is 2.02. The van der Waals surface area contributed by atoms with Gasteiger partial charge in [-0.1, -0.05) is 0 Å². The van der Waals surface area contributed by atoms with Crippen LogP contribution in [0.1, 0.15) is 22.7 Å². The summed E-state index contributed by atoms with van der Waals surface area (Å²) in [5.41, 5.74) is 0. The standard InChI is InChI=1S/C11H16N2O6S/c1-20(17,18)6-2-5-12-11(16)13-7-8-3-4-9(19-8)10(14)15/h3-4H,2,5-7H2,1H3,(H,14,15)(H2,12,13,16). The largest absolute Gasteiger partial charge is 0.475 e. The van der Waals surface area contributed by atoms with Crippen molar-refractivity contribution >= 4 is 21.8 Å². The number of sulfone groups is 1. The molecule has 0 fully saturated rings. The van der Waals surface area contributed by atoms with E-state index in [9.17, 15) is 18.0 Å². The van der Waals surface area contributed by atoms with Gasteiger partial charge in [0.25, 0.3) is 0 Å². The van der Waals surface area contributed by atoms with E-state index in [1.165, 1.54) is 12.1 Å². The maximum absolute atomic E-state index is 11.4. The third kappa shape index (κ3) is 6.23. The molecule has 1 aromatic heterocycles. The second-order valence-electron chi connectivity index (χ2n) is 4.16. The van der Waals surface area contributed by atoms with Crippen molar-refractivity contribution in [1.29, 1.82) is 0 Å². The Balaban J connectivity index is 2.24. The third-order valence-electron chi connectivity index (χ3n) is 2.27. The van der Waals surface area contributed by atoms with Crippen molar-refractivity contribution in [1.82, 2.24) is 10.6 Å². The van der Waals surface area contributed by atoms with Gasteiger partial charge in [0.15, 0.2) is 0 Å². The molecular weight excluding hydrogens is 288 g/mol. The van der Waals surface area contributed by atoms with Gasteiger partial charge in [-0.25, -0.2) is 18.0 Å². The van der Waals surface area contributed by atoms with Crippen LogP contribution in [0.5, 0.6) is 0 Å². The molecule has 0 aliphatic carbocycles. The van der Waals surface area contributed by atoms with Crippen LogP contribution in [0, 0.1) is 0 Å². The number of amides is 2. The summed E-state index contributed by atoms with van der Waals surface area (Å²) in [6, 6.07) is 2.27. The predicted molar refractivity (Wildman–Crippen MR) is 70.2 cm³/mol. The van der Waals surface area contributed by atoms with Crippen molar-refractivity contribution < 1.29 is 27.5 Å². The molecule has 9 heteroatoms. The number of hydrogen-bond donors (Lipinski definition) is 3. The molecule has 1 aromatic rings. The lowest BCUT2D eigenvalue weighted by atomic mass is 10.4. The van der Waals surface area contributed by atoms with Crippen molar-refractivity contribution in [3.63, 3.8) is 0 Å². The first-order valence-corrected chi connectivity index (χ1v) is 7.85. The minimum Gasteiger partial charge on any atom is -0.475 e. The van der Waals surface area contributed by atoms with Crippen LogP contribution in [0.25, 0.3) is 0 Å². The van der Waals surface area contributed by atoms with E-state index >= 15 is 0 Å². The first-order valence-electron chi connectivity index (χ1n) is 5.79. The molecule has 20 heavy (non-hydrogen) atoms. The highest BCUT2D eigenvalue weighted by atomic mass is 32.2. The zero-order chi connectivity index (χ0) is 15.2. The Kier molecular flexibility index (Phi) is 5.56. The Labute approximate surface area is 116 Å². The molecule has 3 N–H and O–H groups in total. The van der Waals surface area contributed by atoms with Crippen LogP contribution in [0.2, 0.25) is 0 Å². The average Bonchev–Trinajstić information content (AvgIpc) is 2.80. The molecule has 0 unspecified atom stereocenters. The second kappa shape index (κ2) is 6.94. The van der Waals surface area contributed by atoms with Crippen LogP contribution in [0.3, 0.4) is 0 Å². The summed E-state index contributed by atoms with van der Waals surface area (Å²) < 4.78 is 26.7. The van der Waals surface area contributed by atoms with Crippen molar-refractivity contribution in [3.05, 3.63) is 23.7 Å². The summed E-state index contributed by atoms with van der Waals surface area (Å²) in [5.74, 6) is -1.06. The Bertz CT molecular complexity index is 577. The van der Waals surface area contributed by atoms with Crippen LogP contribution >= 0.6 is 0 Å². The molecule has 0 aliphatic heterocycles. The van der Waals surface area contributed by atoms with Gasteiger partial charge in [-0.15, -0.1) is 0 Å². The summed E-state index contributed by atoms with van der Waals surface area (Å²) in [5, 5.41) is 13.6. The summed E-state index contributed by atoms with van der Waals surface area (Å²) >= 11 is 0. The van der Waals surface area contributed by atoms with Crippen molar-refractivity contribution in [3.8, 4) is 0 Å². The monoisotopic (exact) mass is 304 g/mol. The van der Waals surface area contributed by atoms with Gasteiger partial charge >= 0.3 is 12.0 Å². The summed E-state index contributed by atoms with van der Waals surface area (Å²) in [4.78, 5) is 21.9. The van der Waals surface area contributed by atoms with Gasteiger partial charge in [0, 0.05) is 12.8 Å². The molecule has 0 saturated heterocycles. The zero-order valence-electron chi connectivity index (χ0n) is 10.9. The highest BCUT2D eigenvalue weighted by Gasteiger charge is 2.09. The van der Waals surface area contributed by atoms with Gasteiger partial charge in [0.05, 0.1) is 12.3 Å². The summed E-state index contributed by atoms with van der Waals surface area (Å²) in [7, 11) is -3.03. The zero-order valence-corrected chi connectivity index (χ0v) is 11.7. The van der Waals surface area contributed by atoms with Crippen LogP contribution in [0.4, 0.5) is 4.79 Å². The van der Waals surface area contributed by atoms with Crippen molar-refractivity contribution in [2.75, 3.05) is 18.6 Å². The van der Waals surface area contributed by atoms with Gasteiger partial charge in [0.2, 0.25) is 5.76 Å². The number of carbonyl (C=O) groups is 2. The first-order chi connectivity index (χ1) is 9.28. The maximum atomic E-state index is 11.4. The molecule has 0 radical (unpaired) electrons. The molecule has 8 nitrogen and oxygen atoms in total. The molecule has 1 rings (SSSR count). The normalized spacial score (nSPS) is 11.1. The number of urea groups is 1. The number of furan rings is 1. The van der Waals surface area contributed by atoms with E-state index in [1.54, 1.807) is 0 Å². The Hall–Kier alpha value is -2.03. The Morgan fingerprint density at radius 2 is 2.00 bits per heavy atom. The van der Waals surface area contributed by atoms with Gasteiger partial charge in [-0.2, -0.15) is 0 Å². The van der Waals surface area contributed by atoms with Crippen LogP contribution in [0.15, 0.2) is 16.5 Å². The fourth-order valence-electron chi connectivity index (χ4n) is 1.35. The number of nitrogens with one attached hydrogen (secondary N) is 2. The van der Waals surface area contributed by atoms with E-state index in [0.29, 0.717) is 12.2 Å². The fraction of sp³-hybridized carbons (Fsp3) is 0.455. The second-order valence-corrected chi connectivity index (χ2v) is 6.42. The third-order valence-corrected chi connectivity index (χ3v) is 3.30. The number of carboxylic acid groups (broad SMARTS) is 1. The van der Waals surface area contributed by atoms with Gasteiger partial charge in [-0.05, 0) is 18.6 Å². The van der Waals surface area contributed by atoms with E-state index in [0.717, 1.165) is 6.26 Å². The van der Waals surface area contributed by atoms with Crippen molar-refractivity contribution in [2.24, 2.45) is 0 Å². The lowest BCUT2D eigenvalue weighted by Gasteiger charge is -2.05. The highest BCUT2D eigenvalue weighted by Crippen LogP contribution is 2.07. The molecule has 0 aliphatic rings. The quantitative estimate of drug-likeness (QED) is 0.618. The summed E-state index contributed by atoms with van der Waals surface area (Å²) in [6.45, 7) is 0.280. The van der Waals surface area contributed by atoms with Crippen molar-refractivity contribution in [2.45, 2.75) is 13.0 Å². The molecule has 0 spiro atoms. The minimum absolute atomic E-state index is 0.00738. The minimum atomic E-state index is -3.03. The molecule has 0 atom stereocenters. The van der Waals surface area contributed by atoms with E-state index in [1.807, 2.05) is 0 Å². The smallest absolute Gasteiger partial charge is 0.371 e. The average molecular weight is 304 g/mol. The van der Waals surface area contributed by atoms with E-state index in [2.05, 4.69) is 10.6 Å². The number of carboxylic acids is 1. The van der Waals surface area contributed by atoms with Crippen LogP contribution in [-0.2, 0) is 16.4 Å². The maximum Gasteiger partial charge on any atom is 0.371 e. The first kappa shape index (κ1) is 16.0.